The van der Waals surface area contributed by atoms with Gasteiger partial charge >= 0.3 is 0 Å². The highest BCUT2D eigenvalue weighted by molar-refractivity contribution is 4.88. The summed E-state index contributed by atoms with van der Waals surface area (Å²) in [6.07, 6.45) is 1.85. The molecule has 1 saturated carbocycles. The normalized spacial score (nSPS) is 37.2. The molecule has 1 heteroatoms. The smallest absolute Gasteiger partial charge is 0.0571 e. The molecule has 10 heavy (non-hydrogen) atoms. The zero-order valence-electron chi connectivity index (χ0n) is 7.42. The van der Waals surface area contributed by atoms with Gasteiger partial charge in [0.2, 0.25) is 0 Å². The van der Waals surface area contributed by atoms with Gasteiger partial charge in [-0.3, -0.25) is 0 Å². The predicted molar refractivity (Wildman–Crippen MR) is 42.9 cm³/mol. The van der Waals surface area contributed by atoms with E-state index in [2.05, 4.69) is 20.8 Å². The van der Waals surface area contributed by atoms with Crippen molar-refractivity contribution < 1.29 is 4.74 Å². The van der Waals surface area contributed by atoms with Crippen LogP contribution in [0, 0.1) is 17.8 Å². The Kier molecular flexibility index (Phi) is 2.35. The molecule has 4 atom stereocenters. The molecule has 0 saturated heterocycles. The molecule has 1 aliphatic carbocycles. The fraction of sp³-hybridized carbons (Fsp3) is 1.00. The topological polar surface area (TPSA) is 9.23 Å². The number of ether oxygens (including phenoxy) is 1. The van der Waals surface area contributed by atoms with E-state index in [1.165, 1.54) is 6.42 Å². The molecule has 0 radical (unpaired) electrons. The molecule has 0 bridgehead atoms. The standard InChI is InChI=1S/C9H18O/c1-6-5-9(6)7(2)8(3)10-4/h6-9H,5H2,1-4H3. The van der Waals surface area contributed by atoms with E-state index in [4.69, 9.17) is 4.74 Å². The maximum Gasteiger partial charge on any atom is 0.0571 e. The first-order valence-corrected chi connectivity index (χ1v) is 4.19. The van der Waals surface area contributed by atoms with Gasteiger partial charge < -0.3 is 4.74 Å². The van der Waals surface area contributed by atoms with Crippen molar-refractivity contribution in [3.05, 3.63) is 0 Å². The first kappa shape index (κ1) is 8.06. The minimum Gasteiger partial charge on any atom is -0.381 e. The summed E-state index contributed by atoms with van der Waals surface area (Å²) in [4.78, 5) is 0. The molecule has 0 aromatic carbocycles. The first-order chi connectivity index (χ1) is 4.66. The number of rotatable bonds is 3. The van der Waals surface area contributed by atoms with Crippen LogP contribution in [0.25, 0.3) is 0 Å². The van der Waals surface area contributed by atoms with Gasteiger partial charge in [-0.2, -0.15) is 0 Å². The minimum absolute atomic E-state index is 0.440. The summed E-state index contributed by atoms with van der Waals surface area (Å²) >= 11 is 0. The molecule has 0 aromatic rings. The van der Waals surface area contributed by atoms with Crippen LogP contribution < -0.4 is 0 Å². The van der Waals surface area contributed by atoms with Crippen LogP contribution in [0.15, 0.2) is 0 Å². The van der Waals surface area contributed by atoms with Gasteiger partial charge in [0.15, 0.2) is 0 Å². The van der Waals surface area contributed by atoms with Gasteiger partial charge in [-0.25, -0.2) is 0 Å². The highest BCUT2D eigenvalue weighted by atomic mass is 16.5. The van der Waals surface area contributed by atoms with Crippen LogP contribution in [0.1, 0.15) is 27.2 Å². The Morgan fingerprint density at radius 2 is 1.90 bits per heavy atom. The molecule has 0 amide bonds. The van der Waals surface area contributed by atoms with Gasteiger partial charge in [-0.15, -0.1) is 0 Å². The van der Waals surface area contributed by atoms with Crippen molar-refractivity contribution in [2.75, 3.05) is 7.11 Å². The van der Waals surface area contributed by atoms with Crippen LogP contribution >= 0.6 is 0 Å². The molecule has 1 rings (SSSR count). The Bertz CT molecular complexity index is 107. The zero-order chi connectivity index (χ0) is 7.72. The van der Waals surface area contributed by atoms with Crippen LogP contribution in [-0.4, -0.2) is 13.2 Å². The molecule has 60 valence electrons. The van der Waals surface area contributed by atoms with Gasteiger partial charge in [0.1, 0.15) is 0 Å². The summed E-state index contributed by atoms with van der Waals surface area (Å²) in [6.45, 7) is 6.78. The maximum atomic E-state index is 5.26. The minimum atomic E-state index is 0.440. The van der Waals surface area contributed by atoms with Crippen molar-refractivity contribution in [3.8, 4) is 0 Å². The van der Waals surface area contributed by atoms with Crippen molar-refractivity contribution in [3.63, 3.8) is 0 Å². The Hall–Kier alpha value is -0.0400. The lowest BCUT2D eigenvalue weighted by Crippen LogP contribution is -2.18. The van der Waals surface area contributed by atoms with Crippen molar-refractivity contribution in [2.24, 2.45) is 17.8 Å². The molecule has 1 nitrogen and oxygen atoms in total. The third kappa shape index (κ3) is 1.51. The van der Waals surface area contributed by atoms with Gasteiger partial charge in [-0.1, -0.05) is 13.8 Å². The zero-order valence-corrected chi connectivity index (χ0v) is 7.42. The molecule has 0 aromatic heterocycles. The average Bonchev–Trinajstić information content (AvgIpc) is 2.63. The van der Waals surface area contributed by atoms with E-state index in [0.29, 0.717) is 6.10 Å². The first-order valence-electron chi connectivity index (χ1n) is 4.19. The molecule has 0 spiro atoms. The van der Waals surface area contributed by atoms with Crippen molar-refractivity contribution >= 4 is 0 Å². The largest absolute Gasteiger partial charge is 0.381 e. The van der Waals surface area contributed by atoms with E-state index in [9.17, 15) is 0 Å². The summed E-state index contributed by atoms with van der Waals surface area (Å²) in [7, 11) is 1.80. The highest BCUT2D eigenvalue weighted by Crippen LogP contribution is 2.45. The molecule has 1 aliphatic rings. The van der Waals surface area contributed by atoms with Crippen molar-refractivity contribution in [1.29, 1.82) is 0 Å². The molecular formula is C9H18O. The predicted octanol–water partition coefficient (Wildman–Crippen LogP) is 2.31. The molecule has 4 unspecified atom stereocenters. The van der Waals surface area contributed by atoms with E-state index in [-0.39, 0.29) is 0 Å². The summed E-state index contributed by atoms with van der Waals surface area (Å²) in [6, 6.07) is 0. The van der Waals surface area contributed by atoms with Crippen LogP contribution in [0.3, 0.4) is 0 Å². The average molecular weight is 142 g/mol. The van der Waals surface area contributed by atoms with Crippen LogP contribution in [-0.2, 0) is 4.74 Å². The van der Waals surface area contributed by atoms with E-state index in [1.807, 2.05) is 0 Å². The Morgan fingerprint density at radius 1 is 1.40 bits per heavy atom. The van der Waals surface area contributed by atoms with Crippen LogP contribution in [0.5, 0.6) is 0 Å². The van der Waals surface area contributed by atoms with Gasteiger partial charge in [0.05, 0.1) is 6.10 Å². The lowest BCUT2D eigenvalue weighted by molar-refractivity contribution is 0.0634. The Labute approximate surface area is 63.8 Å². The SMILES string of the molecule is COC(C)C(C)C1CC1C. The van der Waals surface area contributed by atoms with Crippen molar-refractivity contribution in [1.82, 2.24) is 0 Å². The van der Waals surface area contributed by atoms with E-state index in [0.717, 1.165) is 17.8 Å². The van der Waals surface area contributed by atoms with Gasteiger partial charge in [0.25, 0.3) is 0 Å². The second kappa shape index (κ2) is 2.91. The number of hydrogen-bond donors (Lipinski definition) is 0. The van der Waals surface area contributed by atoms with Crippen molar-refractivity contribution in [2.45, 2.75) is 33.3 Å². The molecule has 0 N–H and O–H groups in total. The molecule has 0 heterocycles. The van der Waals surface area contributed by atoms with Crippen LogP contribution in [0.4, 0.5) is 0 Å². The van der Waals surface area contributed by atoms with Gasteiger partial charge in [-0.05, 0) is 31.1 Å². The molecule has 1 fully saturated rings. The second-order valence-electron chi connectivity index (χ2n) is 3.68. The molecular weight excluding hydrogens is 124 g/mol. The lowest BCUT2D eigenvalue weighted by atomic mass is 9.99. The second-order valence-corrected chi connectivity index (χ2v) is 3.68. The summed E-state index contributed by atoms with van der Waals surface area (Å²) in [5.74, 6) is 2.64. The Balaban J connectivity index is 2.27. The van der Waals surface area contributed by atoms with E-state index < -0.39 is 0 Å². The third-order valence-corrected chi connectivity index (χ3v) is 2.96. The number of hydrogen-bond acceptors (Lipinski definition) is 1. The summed E-state index contributed by atoms with van der Waals surface area (Å²) in [5.41, 5.74) is 0. The lowest BCUT2D eigenvalue weighted by Gasteiger charge is -2.17. The quantitative estimate of drug-likeness (QED) is 0.587. The third-order valence-electron chi connectivity index (χ3n) is 2.96. The van der Waals surface area contributed by atoms with Gasteiger partial charge in [0, 0.05) is 7.11 Å². The highest BCUT2D eigenvalue weighted by Gasteiger charge is 2.39. The Morgan fingerprint density at radius 3 is 2.20 bits per heavy atom. The monoisotopic (exact) mass is 142 g/mol. The summed E-state index contributed by atoms with van der Waals surface area (Å²) in [5, 5.41) is 0. The summed E-state index contributed by atoms with van der Waals surface area (Å²) < 4.78 is 5.26. The molecule has 0 aliphatic heterocycles. The maximum absolute atomic E-state index is 5.26. The van der Waals surface area contributed by atoms with E-state index >= 15 is 0 Å². The number of methoxy groups -OCH3 is 1. The van der Waals surface area contributed by atoms with Crippen LogP contribution in [0.2, 0.25) is 0 Å². The van der Waals surface area contributed by atoms with E-state index in [1.54, 1.807) is 7.11 Å². The fourth-order valence-electron chi connectivity index (χ4n) is 1.65. The fourth-order valence-corrected chi connectivity index (χ4v) is 1.65.